The van der Waals surface area contributed by atoms with Crippen LogP contribution in [0.25, 0.3) is 0 Å². The molecule has 1 heterocycles. The minimum atomic E-state index is -0.867. The Morgan fingerprint density at radius 2 is 2.25 bits per heavy atom. The first-order valence-electron chi connectivity index (χ1n) is 2.98. The van der Waals surface area contributed by atoms with E-state index in [0.717, 1.165) is 0 Å². The lowest BCUT2D eigenvalue weighted by atomic mass is 10.2. The van der Waals surface area contributed by atoms with Gasteiger partial charge in [-0.3, -0.25) is 9.59 Å². The van der Waals surface area contributed by atoms with Crippen LogP contribution in [0.5, 0.6) is 0 Å². The number of aromatic amines is 1. The maximum atomic E-state index is 11.1. The Kier molecular flexibility index (Phi) is 2.26. The molecule has 1 N–H and O–H groups in total. The average Bonchev–Trinajstić information content (AvgIpc) is 2.04. The second kappa shape index (κ2) is 3.20. The number of hydrogen-bond donors (Lipinski definition) is 1. The maximum Gasteiger partial charge on any atom is 0.257 e. The fraction of sp³-hybridized carbons (Fsp3) is 0. The van der Waals surface area contributed by atoms with Gasteiger partial charge in [0, 0.05) is 12.4 Å². The summed E-state index contributed by atoms with van der Waals surface area (Å²) >= 11 is 5.07. The molecule has 0 bridgehead atoms. The Labute approximate surface area is 72.4 Å². The second-order valence-electron chi connectivity index (χ2n) is 2.00. The Morgan fingerprint density at radius 3 is 2.75 bits per heavy atom. The lowest BCUT2D eigenvalue weighted by Gasteiger charge is -1.91. The maximum absolute atomic E-state index is 11.1. The van der Waals surface area contributed by atoms with Gasteiger partial charge in [0.1, 0.15) is 11.6 Å². The zero-order chi connectivity index (χ0) is 9.14. The van der Waals surface area contributed by atoms with E-state index >= 15 is 0 Å². The lowest BCUT2D eigenvalue weighted by Crippen LogP contribution is -2.14. The zero-order valence-electron chi connectivity index (χ0n) is 5.80. The number of hydrogen-bond acceptors (Lipinski definition) is 3. The highest BCUT2D eigenvalue weighted by Crippen LogP contribution is 1.96. The molecule has 0 atom stereocenters. The van der Waals surface area contributed by atoms with Crippen LogP contribution in [0.15, 0.2) is 17.2 Å². The quantitative estimate of drug-likeness (QED) is 0.648. The second-order valence-corrected chi connectivity index (χ2v) is 2.34. The van der Waals surface area contributed by atoms with Crippen molar-refractivity contribution in [3.8, 4) is 6.07 Å². The Morgan fingerprint density at radius 1 is 1.58 bits per heavy atom. The Bertz CT molecular complexity index is 416. The molecule has 0 aliphatic rings. The molecular formula is C7H3ClN2O2. The molecule has 12 heavy (non-hydrogen) atoms. The van der Waals surface area contributed by atoms with Crippen molar-refractivity contribution in [3.63, 3.8) is 0 Å². The van der Waals surface area contributed by atoms with Crippen molar-refractivity contribution in [1.29, 1.82) is 5.26 Å². The summed E-state index contributed by atoms with van der Waals surface area (Å²) in [6.07, 6.45) is 2.38. The van der Waals surface area contributed by atoms with E-state index in [1.54, 1.807) is 6.07 Å². The average molecular weight is 183 g/mol. The molecule has 0 unspecified atom stereocenters. The van der Waals surface area contributed by atoms with Gasteiger partial charge in [-0.25, -0.2) is 0 Å². The van der Waals surface area contributed by atoms with Crippen LogP contribution in [-0.2, 0) is 0 Å². The van der Waals surface area contributed by atoms with Gasteiger partial charge < -0.3 is 4.98 Å². The van der Waals surface area contributed by atoms with Crippen LogP contribution in [0.1, 0.15) is 15.9 Å². The molecule has 0 spiro atoms. The van der Waals surface area contributed by atoms with Gasteiger partial charge in [0.15, 0.2) is 0 Å². The molecule has 5 heteroatoms. The number of nitrogens with zero attached hydrogens (tertiary/aromatic N) is 1. The van der Waals surface area contributed by atoms with E-state index in [0.29, 0.717) is 0 Å². The van der Waals surface area contributed by atoms with Crippen molar-refractivity contribution in [1.82, 2.24) is 4.98 Å². The molecular weight excluding hydrogens is 180 g/mol. The fourth-order valence-corrected chi connectivity index (χ4v) is 0.854. The summed E-state index contributed by atoms with van der Waals surface area (Å²) in [6.45, 7) is 0. The minimum Gasteiger partial charge on any atom is -0.366 e. The summed E-state index contributed by atoms with van der Waals surface area (Å²) in [6, 6.07) is 1.64. The summed E-state index contributed by atoms with van der Waals surface area (Å²) in [5, 5.41) is 7.53. The van der Waals surface area contributed by atoms with E-state index in [-0.39, 0.29) is 11.1 Å². The van der Waals surface area contributed by atoms with E-state index in [2.05, 4.69) is 4.98 Å². The number of rotatable bonds is 1. The van der Waals surface area contributed by atoms with Gasteiger partial charge in [0.2, 0.25) is 5.43 Å². The van der Waals surface area contributed by atoms with E-state index < -0.39 is 10.7 Å². The highest BCUT2D eigenvalue weighted by atomic mass is 35.5. The van der Waals surface area contributed by atoms with Gasteiger partial charge >= 0.3 is 0 Å². The first-order valence-corrected chi connectivity index (χ1v) is 3.35. The number of nitrogens with one attached hydrogen (secondary N) is 1. The van der Waals surface area contributed by atoms with Crippen LogP contribution in [0.3, 0.4) is 0 Å². The standard InChI is InChI=1S/C7H3ClN2O2/c8-7(12)5-3-10-2-4(1-9)6(5)11/h2-3H,(H,10,11). The number of aromatic nitrogens is 1. The Hall–Kier alpha value is -1.60. The number of carbonyl (C=O) groups excluding carboxylic acids is 1. The molecule has 1 aromatic rings. The largest absolute Gasteiger partial charge is 0.366 e. The highest BCUT2D eigenvalue weighted by molar-refractivity contribution is 6.67. The van der Waals surface area contributed by atoms with E-state index in [4.69, 9.17) is 16.9 Å². The first kappa shape index (κ1) is 8.50. The van der Waals surface area contributed by atoms with Crippen molar-refractivity contribution in [2.75, 3.05) is 0 Å². The first-order chi connectivity index (χ1) is 5.66. The normalized spacial score (nSPS) is 9.00. The van der Waals surface area contributed by atoms with Crippen molar-refractivity contribution in [2.24, 2.45) is 0 Å². The monoisotopic (exact) mass is 182 g/mol. The SMILES string of the molecule is N#Cc1c[nH]cc(C(=O)Cl)c1=O. The third-order valence-electron chi connectivity index (χ3n) is 1.28. The molecule has 0 radical (unpaired) electrons. The van der Waals surface area contributed by atoms with Gasteiger partial charge in [-0.1, -0.05) is 0 Å². The summed E-state index contributed by atoms with van der Waals surface area (Å²) in [5.74, 6) is 0. The van der Waals surface area contributed by atoms with Crippen LogP contribution in [0.2, 0.25) is 0 Å². The number of carbonyl (C=O) groups is 1. The Balaban J connectivity index is 3.46. The van der Waals surface area contributed by atoms with E-state index in [1.807, 2.05) is 0 Å². The molecule has 0 amide bonds. The molecule has 60 valence electrons. The highest BCUT2D eigenvalue weighted by Gasteiger charge is 2.09. The predicted molar refractivity (Wildman–Crippen MR) is 42.0 cm³/mol. The molecule has 0 saturated heterocycles. The topological polar surface area (TPSA) is 73.7 Å². The minimum absolute atomic E-state index is 0.124. The van der Waals surface area contributed by atoms with E-state index in [9.17, 15) is 9.59 Å². The van der Waals surface area contributed by atoms with Crippen molar-refractivity contribution in [2.45, 2.75) is 0 Å². The molecule has 1 rings (SSSR count). The van der Waals surface area contributed by atoms with Crippen molar-refractivity contribution >= 4 is 16.8 Å². The van der Waals surface area contributed by atoms with E-state index in [1.165, 1.54) is 12.4 Å². The van der Waals surface area contributed by atoms with Gasteiger partial charge in [-0.15, -0.1) is 0 Å². The molecule has 4 nitrogen and oxygen atoms in total. The van der Waals surface area contributed by atoms with Gasteiger partial charge in [0.05, 0.1) is 5.56 Å². The molecule has 0 aliphatic heterocycles. The van der Waals surface area contributed by atoms with Gasteiger partial charge in [-0.2, -0.15) is 5.26 Å². The summed E-state index contributed by atoms with van der Waals surface area (Å²) in [5.41, 5.74) is -0.978. The fourth-order valence-electron chi connectivity index (χ4n) is 0.714. The third kappa shape index (κ3) is 1.36. The molecule has 0 aromatic carbocycles. The van der Waals surface area contributed by atoms with Crippen LogP contribution in [0, 0.1) is 11.3 Å². The lowest BCUT2D eigenvalue weighted by molar-refractivity contribution is 0.108. The third-order valence-corrected chi connectivity index (χ3v) is 1.48. The molecule has 0 aliphatic carbocycles. The summed E-state index contributed by atoms with van der Waals surface area (Å²) in [4.78, 5) is 24.1. The molecule has 0 fully saturated rings. The van der Waals surface area contributed by atoms with Crippen molar-refractivity contribution in [3.05, 3.63) is 33.7 Å². The number of H-pyrrole nitrogens is 1. The summed E-state index contributed by atoms with van der Waals surface area (Å²) in [7, 11) is 0. The van der Waals surface area contributed by atoms with Crippen LogP contribution >= 0.6 is 11.6 Å². The van der Waals surface area contributed by atoms with Crippen LogP contribution in [0.4, 0.5) is 0 Å². The number of pyridine rings is 1. The summed E-state index contributed by atoms with van der Waals surface area (Å²) < 4.78 is 0. The molecule has 1 aromatic heterocycles. The van der Waals surface area contributed by atoms with Crippen LogP contribution < -0.4 is 5.43 Å². The number of halogens is 1. The number of nitriles is 1. The molecule has 0 saturated carbocycles. The zero-order valence-corrected chi connectivity index (χ0v) is 6.55. The van der Waals surface area contributed by atoms with Gasteiger partial charge in [0.25, 0.3) is 5.24 Å². The van der Waals surface area contributed by atoms with Gasteiger partial charge in [-0.05, 0) is 11.6 Å². The van der Waals surface area contributed by atoms with Crippen LogP contribution in [-0.4, -0.2) is 10.2 Å². The smallest absolute Gasteiger partial charge is 0.257 e. The predicted octanol–water partition coefficient (Wildman–Crippen LogP) is 0.626. The van der Waals surface area contributed by atoms with Crippen molar-refractivity contribution < 1.29 is 4.79 Å².